The van der Waals surface area contributed by atoms with Crippen LogP contribution in [0, 0.1) is 0 Å². The van der Waals surface area contributed by atoms with Gasteiger partial charge < -0.3 is 9.84 Å². The lowest BCUT2D eigenvalue weighted by molar-refractivity contribution is -0.142. The molecule has 1 saturated heterocycles. The highest BCUT2D eigenvalue weighted by atomic mass is 16.5. The lowest BCUT2D eigenvalue weighted by Gasteiger charge is -2.21. The van der Waals surface area contributed by atoms with Gasteiger partial charge in [0.1, 0.15) is 11.8 Å². The summed E-state index contributed by atoms with van der Waals surface area (Å²) >= 11 is 0. The molecule has 0 spiro atoms. The van der Waals surface area contributed by atoms with Crippen LogP contribution in [0.4, 0.5) is 0 Å². The summed E-state index contributed by atoms with van der Waals surface area (Å²) in [6.07, 6.45) is 3.67. The molecule has 2 aromatic rings. The highest BCUT2D eigenvalue weighted by Crippen LogP contribution is 2.22. The molecule has 1 fully saturated rings. The van der Waals surface area contributed by atoms with Crippen LogP contribution in [-0.2, 0) is 17.8 Å². The summed E-state index contributed by atoms with van der Waals surface area (Å²) < 4.78 is 5.87. The second kappa shape index (κ2) is 8.67. The lowest BCUT2D eigenvalue weighted by Crippen LogP contribution is -2.35. The maximum Gasteiger partial charge on any atom is 0.320 e. The van der Waals surface area contributed by atoms with Gasteiger partial charge in [-0.3, -0.25) is 9.69 Å². The monoisotopic (exact) mass is 339 g/mol. The minimum Gasteiger partial charge on any atom is -0.494 e. The number of hydrogen-bond donors (Lipinski definition) is 1. The summed E-state index contributed by atoms with van der Waals surface area (Å²) in [6, 6.07) is 18.1. The fourth-order valence-corrected chi connectivity index (χ4v) is 3.37. The SMILES string of the molecule is O=C(O)[C@H]1CCCN1Cc1cccc(OCCCc2ccccc2)c1. The topological polar surface area (TPSA) is 49.8 Å². The number of aliphatic carboxylic acids is 1. The van der Waals surface area contributed by atoms with Crippen molar-refractivity contribution in [3.8, 4) is 5.75 Å². The van der Waals surface area contributed by atoms with Crippen LogP contribution in [0.15, 0.2) is 54.6 Å². The molecule has 0 aliphatic carbocycles. The van der Waals surface area contributed by atoms with E-state index in [0.29, 0.717) is 13.2 Å². The van der Waals surface area contributed by atoms with Crippen molar-refractivity contribution in [3.63, 3.8) is 0 Å². The van der Waals surface area contributed by atoms with Crippen LogP contribution in [0.5, 0.6) is 5.75 Å². The summed E-state index contributed by atoms with van der Waals surface area (Å²) in [6.45, 7) is 2.19. The molecule has 0 radical (unpaired) electrons. The van der Waals surface area contributed by atoms with Crippen molar-refractivity contribution >= 4 is 5.97 Å². The summed E-state index contributed by atoms with van der Waals surface area (Å²) in [7, 11) is 0. The molecular weight excluding hydrogens is 314 g/mol. The first-order chi connectivity index (χ1) is 12.2. The van der Waals surface area contributed by atoms with E-state index in [4.69, 9.17) is 4.74 Å². The molecule has 0 saturated carbocycles. The molecule has 2 aromatic carbocycles. The highest BCUT2D eigenvalue weighted by molar-refractivity contribution is 5.73. The zero-order valence-electron chi connectivity index (χ0n) is 14.4. The standard InChI is InChI=1S/C21H25NO3/c23-21(24)20-12-5-13-22(20)16-18-9-4-11-19(15-18)25-14-6-10-17-7-2-1-3-8-17/h1-4,7-9,11,15,20H,5-6,10,12-14,16H2,(H,23,24)/t20-/m1/s1. The average molecular weight is 339 g/mol. The first kappa shape index (κ1) is 17.5. The van der Waals surface area contributed by atoms with Crippen molar-refractivity contribution in [1.82, 2.24) is 4.90 Å². The molecule has 1 aliphatic rings. The van der Waals surface area contributed by atoms with Crippen molar-refractivity contribution in [2.75, 3.05) is 13.2 Å². The predicted molar refractivity (Wildman–Crippen MR) is 97.8 cm³/mol. The normalized spacial score (nSPS) is 17.5. The molecule has 0 aromatic heterocycles. The zero-order valence-corrected chi connectivity index (χ0v) is 14.4. The number of carboxylic acids is 1. The van der Waals surface area contributed by atoms with Gasteiger partial charge in [-0.05, 0) is 55.5 Å². The molecule has 0 unspecified atom stereocenters. The summed E-state index contributed by atoms with van der Waals surface area (Å²) in [5.41, 5.74) is 2.43. The summed E-state index contributed by atoms with van der Waals surface area (Å²) in [5, 5.41) is 9.29. The second-order valence-corrected chi connectivity index (χ2v) is 6.55. The summed E-state index contributed by atoms with van der Waals surface area (Å²) in [4.78, 5) is 13.3. The Morgan fingerprint density at radius 2 is 1.92 bits per heavy atom. The van der Waals surface area contributed by atoms with Crippen molar-refractivity contribution in [3.05, 3.63) is 65.7 Å². The molecule has 1 aliphatic heterocycles. The van der Waals surface area contributed by atoms with Crippen molar-refractivity contribution < 1.29 is 14.6 Å². The largest absolute Gasteiger partial charge is 0.494 e. The van der Waals surface area contributed by atoms with Gasteiger partial charge in [-0.25, -0.2) is 0 Å². The molecule has 1 heterocycles. The Morgan fingerprint density at radius 3 is 2.72 bits per heavy atom. The van der Waals surface area contributed by atoms with Gasteiger partial charge >= 0.3 is 5.97 Å². The number of carbonyl (C=O) groups is 1. The van der Waals surface area contributed by atoms with Crippen LogP contribution >= 0.6 is 0 Å². The molecule has 132 valence electrons. The van der Waals surface area contributed by atoms with Crippen LogP contribution in [0.25, 0.3) is 0 Å². The Morgan fingerprint density at radius 1 is 1.12 bits per heavy atom. The van der Waals surface area contributed by atoms with E-state index in [0.717, 1.165) is 43.5 Å². The van der Waals surface area contributed by atoms with Crippen LogP contribution < -0.4 is 4.74 Å². The minimum atomic E-state index is -0.717. The Bertz CT molecular complexity index is 687. The van der Waals surface area contributed by atoms with E-state index in [2.05, 4.69) is 24.3 Å². The van der Waals surface area contributed by atoms with Gasteiger partial charge in [-0.15, -0.1) is 0 Å². The van der Waals surface area contributed by atoms with Crippen molar-refractivity contribution in [2.45, 2.75) is 38.3 Å². The molecule has 0 bridgehead atoms. The van der Waals surface area contributed by atoms with Gasteiger partial charge in [0.05, 0.1) is 6.61 Å². The van der Waals surface area contributed by atoms with Crippen molar-refractivity contribution in [2.24, 2.45) is 0 Å². The van der Waals surface area contributed by atoms with Gasteiger partial charge in [0.25, 0.3) is 0 Å². The highest BCUT2D eigenvalue weighted by Gasteiger charge is 2.30. The van der Waals surface area contributed by atoms with Crippen LogP contribution in [-0.4, -0.2) is 35.2 Å². The first-order valence-electron chi connectivity index (χ1n) is 8.95. The molecule has 1 N–H and O–H groups in total. The molecule has 3 rings (SSSR count). The molecule has 0 amide bonds. The van der Waals surface area contributed by atoms with E-state index < -0.39 is 5.97 Å². The van der Waals surface area contributed by atoms with Crippen LogP contribution in [0.1, 0.15) is 30.4 Å². The zero-order chi connectivity index (χ0) is 17.5. The molecule has 25 heavy (non-hydrogen) atoms. The smallest absolute Gasteiger partial charge is 0.320 e. The van der Waals surface area contributed by atoms with Crippen molar-refractivity contribution in [1.29, 1.82) is 0 Å². The van der Waals surface area contributed by atoms with E-state index in [9.17, 15) is 9.90 Å². The lowest BCUT2D eigenvalue weighted by atomic mass is 10.1. The fraction of sp³-hybridized carbons (Fsp3) is 0.381. The van der Waals surface area contributed by atoms with Gasteiger partial charge in [-0.2, -0.15) is 0 Å². The number of nitrogens with zero attached hydrogens (tertiary/aromatic N) is 1. The first-order valence-corrected chi connectivity index (χ1v) is 8.95. The fourth-order valence-electron chi connectivity index (χ4n) is 3.37. The maximum absolute atomic E-state index is 11.3. The van der Waals surface area contributed by atoms with Gasteiger partial charge in [0.2, 0.25) is 0 Å². The van der Waals surface area contributed by atoms with Gasteiger partial charge in [-0.1, -0.05) is 42.5 Å². The third kappa shape index (κ3) is 5.07. The number of aryl methyl sites for hydroxylation is 1. The van der Waals surface area contributed by atoms with E-state index in [1.54, 1.807) is 0 Å². The third-order valence-corrected chi connectivity index (χ3v) is 4.65. The number of likely N-dealkylation sites (tertiary alicyclic amines) is 1. The Kier molecular flexibility index (Phi) is 6.07. The van der Waals surface area contributed by atoms with Crippen LogP contribution in [0.2, 0.25) is 0 Å². The summed E-state index contributed by atoms with van der Waals surface area (Å²) in [5.74, 6) is 0.141. The average Bonchev–Trinajstić information content (AvgIpc) is 3.08. The van der Waals surface area contributed by atoms with Gasteiger partial charge in [0, 0.05) is 6.54 Å². The van der Waals surface area contributed by atoms with Crippen LogP contribution in [0.3, 0.4) is 0 Å². The minimum absolute atomic E-state index is 0.351. The number of benzene rings is 2. The Balaban J connectivity index is 1.49. The Labute approximate surface area is 149 Å². The Hall–Kier alpha value is -2.33. The van der Waals surface area contributed by atoms with E-state index >= 15 is 0 Å². The number of hydrogen-bond acceptors (Lipinski definition) is 3. The molecular formula is C21H25NO3. The van der Waals surface area contributed by atoms with E-state index in [1.165, 1.54) is 5.56 Å². The van der Waals surface area contributed by atoms with E-state index in [-0.39, 0.29) is 6.04 Å². The van der Waals surface area contributed by atoms with E-state index in [1.807, 2.05) is 35.2 Å². The predicted octanol–water partition coefficient (Wildman–Crippen LogP) is 3.75. The number of rotatable bonds is 8. The molecule has 1 atom stereocenters. The maximum atomic E-state index is 11.3. The van der Waals surface area contributed by atoms with Gasteiger partial charge in [0.15, 0.2) is 0 Å². The third-order valence-electron chi connectivity index (χ3n) is 4.65. The quantitative estimate of drug-likeness (QED) is 0.744. The molecule has 4 heteroatoms. The number of carboxylic acid groups (broad SMARTS) is 1. The second-order valence-electron chi connectivity index (χ2n) is 6.55. The number of ether oxygens (including phenoxy) is 1. The molecule has 4 nitrogen and oxygen atoms in total.